The third-order valence-electron chi connectivity index (χ3n) is 2.85. The lowest BCUT2D eigenvalue weighted by Gasteiger charge is -2.14. The van der Waals surface area contributed by atoms with Crippen molar-refractivity contribution < 1.29 is 19.4 Å². The largest absolute Gasteiger partial charge is 0.493 e. The highest BCUT2D eigenvalue weighted by Gasteiger charge is 2.17. The molecule has 0 heterocycles. The summed E-state index contributed by atoms with van der Waals surface area (Å²) in [5.41, 5.74) is 0.598. The number of carbonyl (C=O) groups is 1. The lowest BCUT2D eigenvalue weighted by molar-refractivity contribution is 0.0691. The molecule has 4 nitrogen and oxygen atoms in total. The Bertz CT molecular complexity index is 650. The van der Waals surface area contributed by atoms with Crippen molar-refractivity contribution in [1.82, 2.24) is 0 Å². The van der Waals surface area contributed by atoms with Crippen LogP contribution >= 0.6 is 23.2 Å². The molecular formula is C15H12Cl2O4. The number of carboxylic acid groups (broad SMARTS) is 1. The molecule has 0 saturated heterocycles. The van der Waals surface area contributed by atoms with Crippen molar-refractivity contribution in [2.45, 2.75) is 6.61 Å². The molecule has 0 fully saturated rings. The van der Waals surface area contributed by atoms with Crippen LogP contribution < -0.4 is 9.47 Å². The van der Waals surface area contributed by atoms with E-state index in [0.29, 0.717) is 21.4 Å². The van der Waals surface area contributed by atoms with Gasteiger partial charge in [-0.3, -0.25) is 0 Å². The van der Waals surface area contributed by atoms with E-state index in [0.717, 1.165) is 0 Å². The summed E-state index contributed by atoms with van der Waals surface area (Å²) in [6.07, 6.45) is 0. The van der Waals surface area contributed by atoms with Gasteiger partial charge in [0.25, 0.3) is 0 Å². The number of hydrogen-bond donors (Lipinski definition) is 1. The smallest absolute Gasteiger partial charge is 0.339 e. The molecule has 0 radical (unpaired) electrons. The molecule has 21 heavy (non-hydrogen) atoms. The Morgan fingerprint density at radius 2 is 1.76 bits per heavy atom. The second kappa shape index (κ2) is 6.70. The molecule has 0 unspecified atom stereocenters. The van der Waals surface area contributed by atoms with E-state index in [1.807, 2.05) is 0 Å². The zero-order valence-electron chi connectivity index (χ0n) is 11.1. The van der Waals surface area contributed by atoms with Gasteiger partial charge in [-0.25, -0.2) is 4.79 Å². The molecule has 110 valence electrons. The molecule has 0 spiro atoms. The molecule has 0 aliphatic rings. The molecule has 2 aromatic rings. The zero-order chi connectivity index (χ0) is 15.4. The molecule has 0 aromatic heterocycles. The lowest BCUT2D eigenvalue weighted by Crippen LogP contribution is -2.05. The van der Waals surface area contributed by atoms with E-state index in [-0.39, 0.29) is 17.9 Å². The molecule has 1 N–H and O–H groups in total. The summed E-state index contributed by atoms with van der Waals surface area (Å²) in [6, 6.07) is 9.74. The molecule has 0 saturated carbocycles. The van der Waals surface area contributed by atoms with Crippen molar-refractivity contribution in [3.8, 4) is 11.5 Å². The molecule has 2 aromatic carbocycles. The van der Waals surface area contributed by atoms with Gasteiger partial charge in [0.1, 0.15) is 12.2 Å². The Hall–Kier alpha value is -1.91. The Labute approximate surface area is 131 Å². The van der Waals surface area contributed by atoms with Crippen LogP contribution in [0.25, 0.3) is 0 Å². The van der Waals surface area contributed by atoms with Crippen molar-refractivity contribution in [1.29, 1.82) is 0 Å². The Balaban J connectivity index is 2.33. The summed E-state index contributed by atoms with van der Waals surface area (Å²) in [5, 5.41) is 10.1. The van der Waals surface area contributed by atoms with Crippen LogP contribution in [0.3, 0.4) is 0 Å². The van der Waals surface area contributed by atoms with Gasteiger partial charge in [0.15, 0.2) is 11.5 Å². The van der Waals surface area contributed by atoms with Crippen LogP contribution in [-0.4, -0.2) is 18.2 Å². The predicted molar refractivity (Wildman–Crippen MR) is 80.7 cm³/mol. The summed E-state index contributed by atoms with van der Waals surface area (Å²) in [5.74, 6) is -0.629. The number of hydrogen-bond acceptors (Lipinski definition) is 3. The second-order valence-corrected chi connectivity index (χ2v) is 4.95. The average Bonchev–Trinajstić information content (AvgIpc) is 2.46. The van der Waals surface area contributed by atoms with Crippen molar-refractivity contribution in [2.24, 2.45) is 0 Å². The highest BCUT2D eigenvalue weighted by atomic mass is 35.5. The van der Waals surface area contributed by atoms with E-state index in [4.69, 9.17) is 32.7 Å². The Kier molecular flexibility index (Phi) is 4.94. The summed E-state index contributed by atoms with van der Waals surface area (Å²) in [7, 11) is 1.44. The lowest BCUT2D eigenvalue weighted by atomic mass is 10.2. The summed E-state index contributed by atoms with van der Waals surface area (Å²) < 4.78 is 10.7. The first-order chi connectivity index (χ1) is 10.0. The van der Waals surface area contributed by atoms with Crippen LogP contribution in [0.4, 0.5) is 0 Å². The van der Waals surface area contributed by atoms with Gasteiger partial charge in [-0.15, -0.1) is 0 Å². The number of ether oxygens (including phenoxy) is 2. The van der Waals surface area contributed by atoms with E-state index < -0.39 is 5.97 Å². The maximum atomic E-state index is 11.2. The van der Waals surface area contributed by atoms with Crippen LogP contribution in [0.15, 0.2) is 36.4 Å². The second-order valence-electron chi connectivity index (χ2n) is 4.13. The van der Waals surface area contributed by atoms with Gasteiger partial charge in [0.2, 0.25) is 0 Å². The highest BCUT2D eigenvalue weighted by molar-refractivity contribution is 6.35. The number of methoxy groups -OCH3 is 1. The number of rotatable bonds is 5. The molecule has 6 heteroatoms. The van der Waals surface area contributed by atoms with Crippen molar-refractivity contribution in [3.63, 3.8) is 0 Å². The van der Waals surface area contributed by atoms with Crippen LogP contribution in [0.1, 0.15) is 15.9 Å². The molecule has 0 amide bonds. The standard InChI is InChI=1S/C15H12Cl2O4/c1-20-13-7-2-4-9(15(18)19)14(13)21-8-10-11(16)5-3-6-12(10)17/h2-7H,8H2,1H3,(H,18,19). The average molecular weight is 327 g/mol. The van der Waals surface area contributed by atoms with Crippen LogP contribution in [-0.2, 0) is 6.61 Å². The monoisotopic (exact) mass is 326 g/mol. The Morgan fingerprint density at radius 3 is 2.33 bits per heavy atom. The van der Waals surface area contributed by atoms with E-state index >= 15 is 0 Å². The molecule has 0 aliphatic carbocycles. The van der Waals surface area contributed by atoms with E-state index in [1.54, 1.807) is 30.3 Å². The quantitative estimate of drug-likeness (QED) is 0.890. The molecule has 0 aliphatic heterocycles. The van der Waals surface area contributed by atoms with Gasteiger partial charge < -0.3 is 14.6 Å². The predicted octanol–water partition coefficient (Wildman–Crippen LogP) is 4.28. The number of halogens is 2. The molecule has 2 rings (SSSR count). The fraction of sp³-hybridized carbons (Fsp3) is 0.133. The van der Waals surface area contributed by atoms with Gasteiger partial charge in [-0.05, 0) is 24.3 Å². The Morgan fingerprint density at radius 1 is 1.14 bits per heavy atom. The topological polar surface area (TPSA) is 55.8 Å². The summed E-state index contributed by atoms with van der Waals surface area (Å²) >= 11 is 12.1. The number of carboxylic acids is 1. The molecular weight excluding hydrogens is 315 g/mol. The van der Waals surface area contributed by atoms with Crippen LogP contribution in [0.5, 0.6) is 11.5 Å². The SMILES string of the molecule is COc1cccc(C(=O)O)c1OCc1c(Cl)cccc1Cl. The minimum Gasteiger partial charge on any atom is -0.493 e. The first-order valence-electron chi connectivity index (χ1n) is 6.00. The normalized spacial score (nSPS) is 10.2. The van der Waals surface area contributed by atoms with Crippen molar-refractivity contribution >= 4 is 29.2 Å². The molecule has 0 bridgehead atoms. The van der Waals surface area contributed by atoms with Gasteiger partial charge in [0.05, 0.1) is 7.11 Å². The van der Waals surface area contributed by atoms with Crippen LogP contribution in [0, 0.1) is 0 Å². The number of para-hydroxylation sites is 1. The molecule has 0 atom stereocenters. The van der Waals surface area contributed by atoms with Gasteiger partial charge in [-0.2, -0.15) is 0 Å². The van der Waals surface area contributed by atoms with Crippen molar-refractivity contribution in [2.75, 3.05) is 7.11 Å². The van der Waals surface area contributed by atoms with Crippen molar-refractivity contribution in [3.05, 3.63) is 57.6 Å². The fourth-order valence-electron chi connectivity index (χ4n) is 1.81. The van der Waals surface area contributed by atoms with Gasteiger partial charge in [-0.1, -0.05) is 35.3 Å². The third-order valence-corrected chi connectivity index (χ3v) is 3.56. The van der Waals surface area contributed by atoms with Gasteiger partial charge in [0, 0.05) is 15.6 Å². The summed E-state index contributed by atoms with van der Waals surface area (Å²) in [4.78, 5) is 11.2. The summed E-state index contributed by atoms with van der Waals surface area (Å²) in [6.45, 7) is 0.0408. The fourth-order valence-corrected chi connectivity index (χ4v) is 2.31. The maximum absolute atomic E-state index is 11.2. The third kappa shape index (κ3) is 3.40. The van der Waals surface area contributed by atoms with E-state index in [9.17, 15) is 9.90 Å². The minimum atomic E-state index is -1.10. The van der Waals surface area contributed by atoms with Crippen LogP contribution in [0.2, 0.25) is 10.0 Å². The number of aromatic carboxylic acids is 1. The first kappa shape index (κ1) is 15.5. The van der Waals surface area contributed by atoms with E-state index in [2.05, 4.69) is 0 Å². The number of benzene rings is 2. The highest BCUT2D eigenvalue weighted by Crippen LogP contribution is 2.33. The zero-order valence-corrected chi connectivity index (χ0v) is 12.6. The maximum Gasteiger partial charge on any atom is 0.339 e. The minimum absolute atomic E-state index is 0.0116. The first-order valence-corrected chi connectivity index (χ1v) is 6.76. The van der Waals surface area contributed by atoms with E-state index in [1.165, 1.54) is 13.2 Å². The van der Waals surface area contributed by atoms with Gasteiger partial charge >= 0.3 is 5.97 Å².